The summed E-state index contributed by atoms with van der Waals surface area (Å²) in [6.07, 6.45) is 0. The number of hydrogen-bond acceptors (Lipinski definition) is 4. The van der Waals surface area contributed by atoms with Crippen molar-refractivity contribution in [2.45, 2.75) is 0 Å². The molecular weight excluding hydrogens is 212 g/mol. The molecule has 0 aliphatic carbocycles. The second-order valence-electron chi connectivity index (χ2n) is 0.447. The predicted octanol–water partition coefficient (Wildman–Crippen LogP) is -3.97. The third-order valence-corrected chi connectivity index (χ3v) is 0. The zero-order valence-electron chi connectivity index (χ0n) is 5.08. The average molecular weight is 212 g/mol. The Labute approximate surface area is 175 Å². The van der Waals surface area contributed by atoms with E-state index in [1.807, 2.05) is 0 Å². The van der Waals surface area contributed by atoms with E-state index >= 15 is 0 Å². The third-order valence-electron chi connectivity index (χ3n) is 0. The summed E-state index contributed by atoms with van der Waals surface area (Å²) in [5, 5.41) is 0. The maximum Gasteiger partial charge on any atom is 0 e. The number of phosphoric acid groups is 1. The first-order chi connectivity index (χ1) is 2.00. The number of rotatable bonds is 0. The van der Waals surface area contributed by atoms with Gasteiger partial charge in [-0.25, -0.2) is 0 Å². The maximum absolute atomic E-state index is 8.55. The Balaban J connectivity index is -0.0000000267. The van der Waals surface area contributed by atoms with E-state index in [1.54, 1.807) is 0 Å². The molecule has 0 unspecified atom stereocenters. The first-order valence-electron chi connectivity index (χ1n) is 0.730. The molecule has 0 fully saturated rings. The molecule has 0 aromatic rings. The van der Waals surface area contributed by atoms with Crippen molar-refractivity contribution in [3.05, 3.63) is 0 Å². The predicted molar refractivity (Wildman–Crippen MR) is 24.9 cm³/mol. The van der Waals surface area contributed by atoms with E-state index in [4.69, 9.17) is 19.2 Å². The van der Waals surface area contributed by atoms with Crippen molar-refractivity contribution in [2.75, 3.05) is 0 Å². The summed E-state index contributed by atoms with van der Waals surface area (Å²) >= 11 is 0. The molecular formula is K3O4P-3. The van der Waals surface area contributed by atoms with Crippen LogP contribution in [0.15, 0.2) is 0 Å². The minimum Gasteiger partial charge on any atom is -0.822 e. The van der Waals surface area contributed by atoms with E-state index in [0.29, 0.717) is 0 Å². The van der Waals surface area contributed by atoms with Crippen molar-refractivity contribution in [3.63, 3.8) is 0 Å². The molecule has 0 heterocycles. The molecule has 8 heavy (non-hydrogen) atoms. The van der Waals surface area contributed by atoms with Gasteiger partial charge < -0.3 is 19.2 Å². The molecule has 0 bridgehead atoms. The molecule has 0 saturated heterocycles. The zero-order valence-corrected chi connectivity index (χ0v) is 15.3. The van der Waals surface area contributed by atoms with Crippen LogP contribution in [-0.2, 0) is 4.57 Å². The molecule has 0 aliphatic heterocycles. The molecule has 3 radical (unpaired) electrons. The van der Waals surface area contributed by atoms with Crippen molar-refractivity contribution >= 4 is 162 Å². The molecule has 0 aliphatic rings. The van der Waals surface area contributed by atoms with Gasteiger partial charge in [0.15, 0.2) is 0 Å². The molecule has 0 atom stereocenters. The monoisotopic (exact) mass is 212 g/mol. The van der Waals surface area contributed by atoms with Gasteiger partial charge in [0.2, 0.25) is 0 Å². The quantitative estimate of drug-likeness (QED) is 0.303. The Hall–Kier alpha value is 5.02. The van der Waals surface area contributed by atoms with Crippen LogP contribution in [0.2, 0.25) is 0 Å². The Morgan fingerprint density at radius 2 is 0.875 bits per heavy atom. The molecule has 0 aromatic heterocycles. The summed E-state index contributed by atoms with van der Waals surface area (Å²) in [6, 6.07) is 0. The first-order valence-corrected chi connectivity index (χ1v) is 2.19. The molecule has 35 valence electrons. The standard InChI is InChI=1S/3K.H3O4P/c;;;1-5(2,3)4/h;;;(H3,1,2,3,4)/p-3. The van der Waals surface area contributed by atoms with E-state index in [0.717, 1.165) is 0 Å². The Morgan fingerprint density at radius 1 is 0.875 bits per heavy atom. The van der Waals surface area contributed by atoms with Crippen LogP contribution >= 0.6 is 7.82 Å². The van der Waals surface area contributed by atoms with Crippen LogP contribution in [0.25, 0.3) is 0 Å². The molecule has 4 nitrogen and oxygen atoms in total. The van der Waals surface area contributed by atoms with Gasteiger partial charge in [-0.3, -0.25) is 0 Å². The van der Waals surface area contributed by atoms with Gasteiger partial charge in [0, 0.05) is 154 Å². The SMILES string of the molecule is O=P([O-])([O-])[O-].[K].[K].[K]. The third kappa shape index (κ3) is 43.9. The maximum atomic E-state index is 8.55. The molecule has 0 saturated carbocycles. The van der Waals surface area contributed by atoms with Gasteiger partial charge in [-0.1, -0.05) is 0 Å². The molecule has 0 amide bonds. The summed E-state index contributed by atoms with van der Waals surface area (Å²) in [6.45, 7) is 0. The minimum absolute atomic E-state index is 0. The van der Waals surface area contributed by atoms with Crippen molar-refractivity contribution in [3.8, 4) is 0 Å². The van der Waals surface area contributed by atoms with Gasteiger partial charge in [-0.2, -0.15) is 7.82 Å². The Kier molecular flexibility index (Phi) is 34.7. The second kappa shape index (κ2) is 12.0. The van der Waals surface area contributed by atoms with Crippen molar-refractivity contribution in [1.29, 1.82) is 0 Å². The summed E-state index contributed by atoms with van der Waals surface area (Å²) in [5.74, 6) is 0. The topological polar surface area (TPSA) is 86.2 Å². The fourth-order valence-electron chi connectivity index (χ4n) is 0. The minimum atomic E-state index is -5.39. The van der Waals surface area contributed by atoms with E-state index in [-0.39, 0.29) is 154 Å². The number of hydrogen-bond donors (Lipinski definition) is 0. The van der Waals surface area contributed by atoms with Crippen LogP contribution in [-0.4, -0.2) is 154 Å². The summed E-state index contributed by atoms with van der Waals surface area (Å²) in [7, 11) is -5.39. The van der Waals surface area contributed by atoms with Gasteiger partial charge in [0.05, 0.1) is 0 Å². The normalized spacial score (nSPS) is 7.38. The molecule has 0 aromatic carbocycles. The smallest absolute Gasteiger partial charge is 0 e. The zero-order chi connectivity index (χ0) is 4.50. The van der Waals surface area contributed by atoms with Crippen LogP contribution in [0, 0.1) is 0 Å². The van der Waals surface area contributed by atoms with E-state index in [9.17, 15) is 0 Å². The van der Waals surface area contributed by atoms with E-state index < -0.39 is 7.82 Å². The van der Waals surface area contributed by atoms with Crippen LogP contribution < -0.4 is 14.7 Å². The molecule has 8 heteroatoms. The molecule has 0 spiro atoms. The van der Waals surface area contributed by atoms with Crippen molar-refractivity contribution in [1.82, 2.24) is 0 Å². The summed E-state index contributed by atoms with van der Waals surface area (Å²) < 4.78 is 8.55. The fraction of sp³-hybridized carbons (Fsp3) is 0. The van der Waals surface area contributed by atoms with Crippen LogP contribution in [0.4, 0.5) is 0 Å². The molecule has 0 N–H and O–H groups in total. The van der Waals surface area contributed by atoms with Gasteiger partial charge in [0.1, 0.15) is 0 Å². The van der Waals surface area contributed by atoms with Crippen LogP contribution in [0.3, 0.4) is 0 Å². The van der Waals surface area contributed by atoms with Gasteiger partial charge in [-0.15, -0.1) is 0 Å². The Bertz CT molecular complexity index is 57.4. The average Bonchev–Trinajstić information content (AvgIpc) is 0.722. The largest absolute Gasteiger partial charge is 0.822 e. The second-order valence-corrected chi connectivity index (χ2v) is 1.34. The van der Waals surface area contributed by atoms with Crippen molar-refractivity contribution in [2.24, 2.45) is 0 Å². The van der Waals surface area contributed by atoms with Gasteiger partial charge in [-0.05, 0) is 0 Å². The van der Waals surface area contributed by atoms with Crippen LogP contribution in [0.1, 0.15) is 0 Å². The van der Waals surface area contributed by atoms with Crippen LogP contribution in [0.5, 0.6) is 0 Å². The Morgan fingerprint density at radius 3 is 0.875 bits per heavy atom. The van der Waals surface area contributed by atoms with E-state index in [2.05, 4.69) is 0 Å². The van der Waals surface area contributed by atoms with Gasteiger partial charge >= 0.3 is 0 Å². The van der Waals surface area contributed by atoms with Gasteiger partial charge in [0.25, 0.3) is 0 Å². The first kappa shape index (κ1) is 23.1. The van der Waals surface area contributed by atoms with E-state index in [1.165, 1.54) is 0 Å². The summed E-state index contributed by atoms with van der Waals surface area (Å²) in [5.41, 5.74) is 0. The summed E-state index contributed by atoms with van der Waals surface area (Å²) in [4.78, 5) is 25.6. The fourth-order valence-corrected chi connectivity index (χ4v) is 0. The molecule has 0 rings (SSSR count). The van der Waals surface area contributed by atoms with Crippen molar-refractivity contribution < 1.29 is 19.2 Å².